The Balaban J connectivity index is 2.63. The molecule has 100 valence electrons. The Kier molecular flexibility index (Phi) is 4.47. The van der Waals surface area contributed by atoms with Crippen molar-refractivity contribution in [2.24, 2.45) is 5.41 Å². The van der Waals surface area contributed by atoms with Crippen LogP contribution in [-0.2, 0) is 16.0 Å². The molecular weight excluding hydrogens is 234 g/mol. The fourth-order valence-electron chi connectivity index (χ4n) is 1.63. The first-order valence-electron chi connectivity index (χ1n) is 5.88. The number of aromatic nitrogens is 2. The lowest BCUT2D eigenvalue weighted by atomic mass is 9.86. The van der Waals surface area contributed by atoms with Crippen molar-refractivity contribution in [3.63, 3.8) is 0 Å². The molecule has 6 nitrogen and oxygen atoms in total. The molecule has 0 aliphatic carbocycles. The van der Waals surface area contributed by atoms with Crippen LogP contribution in [0.15, 0.2) is 12.5 Å². The highest BCUT2D eigenvalue weighted by atomic mass is 16.4. The second-order valence-corrected chi connectivity index (χ2v) is 4.54. The summed E-state index contributed by atoms with van der Waals surface area (Å²) in [5, 5.41) is 9.14. The molecule has 1 aromatic heterocycles. The monoisotopic (exact) mass is 253 g/mol. The van der Waals surface area contributed by atoms with Crippen molar-refractivity contribution in [2.45, 2.75) is 26.7 Å². The van der Waals surface area contributed by atoms with Crippen LogP contribution in [0, 0.1) is 5.41 Å². The van der Waals surface area contributed by atoms with Crippen LogP contribution in [0.2, 0.25) is 0 Å². The molecule has 1 aromatic rings. The number of hydrogen-bond acceptors (Lipinski definition) is 3. The maximum atomic E-state index is 12.1. The van der Waals surface area contributed by atoms with E-state index in [4.69, 9.17) is 5.11 Å². The number of carbonyl (C=O) groups is 2. The van der Waals surface area contributed by atoms with Gasteiger partial charge in [-0.25, -0.2) is 4.98 Å². The van der Waals surface area contributed by atoms with E-state index < -0.39 is 11.4 Å². The van der Waals surface area contributed by atoms with Gasteiger partial charge in [0, 0.05) is 31.9 Å². The van der Waals surface area contributed by atoms with E-state index in [1.165, 1.54) is 11.8 Å². The van der Waals surface area contributed by atoms with Crippen LogP contribution >= 0.6 is 0 Å². The molecule has 0 aliphatic heterocycles. The van der Waals surface area contributed by atoms with Gasteiger partial charge < -0.3 is 15.0 Å². The first kappa shape index (κ1) is 14.2. The molecule has 1 rings (SSSR count). The average molecular weight is 253 g/mol. The number of carbonyl (C=O) groups excluding carboxylic acids is 1. The van der Waals surface area contributed by atoms with Crippen molar-refractivity contribution < 1.29 is 14.7 Å². The van der Waals surface area contributed by atoms with E-state index in [0.717, 1.165) is 5.69 Å². The third-order valence-electron chi connectivity index (χ3n) is 3.27. The standard InChI is InChI=1S/C12H19N3O3/c1-4-12(2,11(17)18)10(16)15(3)6-5-9-7-13-8-14-9/h7-8H,4-6H2,1-3H3,(H,13,14)(H,17,18). The SMILES string of the molecule is CCC(C)(C(=O)O)C(=O)N(C)CCc1cnc[nH]1. The van der Waals surface area contributed by atoms with Crippen LogP contribution in [0.3, 0.4) is 0 Å². The van der Waals surface area contributed by atoms with E-state index in [1.807, 2.05) is 0 Å². The van der Waals surface area contributed by atoms with Gasteiger partial charge in [0.05, 0.1) is 6.33 Å². The number of imidazole rings is 1. The Bertz CT molecular complexity index is 416. The highest BCUT2D eigenvalue weighted by Gasteiger charge is 2.41. The second kappa shape index (κ2) is 5.66. The van der Waals surface area contributed by atoms with Crippen molar-refractivity contribution in [1.82, 2.24) is 14.9 Å². The lowest BCUT2D eigenvalue weighted by Gasteiger charge is -2.28. The van der Waals surface area contributed by atoms with E-state index >= 15 is 0 Å². The molecule has 18 heavy (non-hydrogen) atoms. The number of nitrogens with one attached hydrogen (secondary N) is 1. The maximum absolute atomic E-state index is 12.1. The van der Waals surface area contributed by atoms with Gasteiger partial charge in [-0.1, -0.05) is 6.92 Å². The predicted molar refractivity (Wildman–Crippen MR) is 66.0 cm³/mol. The third-order valence-corrected chi connectivity index (χ3v) is 3.27. The van der Waals surface area contributed by atoms with E-state index in [2.05, 4.69) is 9.97 Å². The van der Waals surface area contributed by atoms with Crippen LogP contribution in [0.25, 0.3) is 0 Å². The molecule has 0 bridgehead atoms. The largest absolute Gasteiger partial charge is 0.480 e. The van der Waals surface area contributed by atoms with Gasteiger partial charge in [0.1, 0.15) is 5.41 Å². The summed E-state index contributed by atoms with van der Waals surface area (Å²) >= 11 is 0. The van der Waals surface area contributed by atoms with Gasteiger partial charge in [0.15, 0.2) is 0 Å². The van der Waals surface area contributed by atoms with Gasteiger partial charge in [-0.05, 0) is 13.3 Å². The molecule has 0 saturated heterocycles. The summed E-state index contributed by atoms with van der Waals surface area (Å²) in [5.41, 5.74) is -0.425. The molecule has 0 radical (unpaired) electrons. The Morgan fingerprint density at radius 3 is 2.67 bits per heavy atom. The van der Waals surface area contributed by atoms with Gasteiger partial charge in [0.25, 0.3) is 0 Å². The minimum absolute atomic E-state index is 0.273. The van der Waals surface area contributed by atoms with Crippen LogP contribution in [0.4, 0.5) is 0 Å². The molecule has 0 fully saturated rings. The Labute approximate surface area is 106 Å². The van der Waals surface area contributed by atoms with E-state index in [9.17, 15) is 9.59 Å². The van der Waals surface area contributed by atoms with Crippen LogP contribution < -0.4 is 0 Å². The fraction of sp³-hybridized carbons (Fsp3) is 0.583. The highest BCUT2D eigenvalue weighted by Crippen LogP contribution is 2.24. The summed E-state index contributed by atoms with van der Waals surface area (Å²) in [6, 6.07) is 0. The minimum Gasteiger partial charge on any atom is -0.480 e. The molecule has 1 atom stereocenters. The Hall–Kier alpha value is -1.85. The smallest absolute Gasteiger partial charge is 0.318 e. The molecule has 1 heterocycles. The van der Waals surface area contributed by atoms with E-state index in [1.54, 1.807) is 26.5 Å². The highest BCUT2D eigenvalue weighted by molar-refractivity contribution is 6.01. The number of H-pyrrole nitrogens is 1. The van der Waals surface area contributed by atoms with Crippen molar-refractivity contribution in [3.8, 4) is 0 Å². The second-order valence-electron chi connectivity index (χ2n) is 4.54. The molecule has 0 aliphatic rings. The van der Waals surface area contributed by atoms with Crippen LogP contribution in [-0.4, -0.2) is 45.4 Å². The predicted octanol–water partition coefficient (Wildman–Crippen LogP) is 0.911. The molecule has 1 unspecified atom stereocenters. The van der Waals surface area contributed by atoms with E-state index in [0.29, 0.717) is 13.0 Å². The lowest BCUT2D eigenvalue weighted by molar-refractivity contribution is -0.159. The fourth-order valence-corrected chi connectivity index (χ4v) is 1.63. The first-order valence-corrected chi connectivity index (χ1v) is 5.88. The van der Waals surface area contributed by atoms with Gasteiger partial charge in [-0.3, -0.25) is 9.59 Å². The number of aromatic amines is 1. The zero-order valence-corrected chi connectivity index (χ0v) is 10.9. The molecule has 2 N–H and O–H groups in total. The molecule has 1 amide bonds. The number of rotatable bonds is 6. The quantitative estimate of drug-likeness (QED) is 0.738. The zero-order chi connectivity index (χ0) is 13.8. The third kappa shape index (κ3) is 2.88. The Morgan fingerprint density at radius 1 is 1.56 bits per heavy atom. The molecule has 0 aromatic carbocycles. The van der Waals surface area contributed by atoms with Gasteiger partial charge in [0.2, 0.25) is 5.91 Å². The van der Waals surface area contributed by atoms with Crippen LogP contribution in [0.1, 0.15) is 26.0 Å². The Morgan fingerprint density at radius 2 is 2.22 bits per heavy atom. The van der Waals surface area contributed by atoms with Crippen molar-refractivity contribution in [1.29, 1.82) is 0 Å². The van der Waals surface area contributed by atoms with Crippen LogP contribution in [0.5, 0.6) is 0 Å². The minimum atomic E-state index is -1.34. The number of likely N-dealkylation sites (N-methyl/N-ethyl adjacent to an activating group) is 1. The molecule has 0 spiro atoms. The number of hydrogen-bond donors (Lipinski definition) is 2. The lowest BCUT2D eigenvalue weighted by Crippen LogP contribution is -2.45. The summed E-state index contributed by atoms with van der Waals surface area (Å²) < 4.78 is 0. The summed E-state index contributed by atoms with van der Waals surface area (Å²) in [6.07, 6.45) is 4.16. The molecule has 6 heteroatoms. The number of carboxylic acids is 1. The normalized spacial score (nSPS) is 13.9. The summed E-state index contributed by atoms with van der Waals surface area (Å²) in [7, 11) is 1.62. The topological polar surface area (TPSA) is 86.3 Å². The summed E-state index contributed by atoms with van der Waals surface area (Å²) in [6.45, 7) is 3.63. The van der Waals surface area contributed by atoms with Crippen molar-refractivity contribution >= 4 is 11.9 Å². The zero-order valence-electron chi connectivity index (χ0n) is 10.9. The molecular formula is C12H19N3O3. The maximum Gasteiger partial charge on any atom is 0.318 e. The number of aliphatic carboxylic acids is 1. The number of nitrogens with zero attached hydrogens (tertiary/aromatic N) is 2. The van der Waals surface area contributed by atoms with Crippen molar-refractivity contribution in [2.75, 3.05) is 13.6 Å². The summed E-state index contributed by atoms with van der Waals surface area (Å²) in [5.74, 6) is -1.44. The first-order chi connectivity index (χ1) is 8.41. The summed E-state index contributed by atoms with van der Waals surface area (Å²) in [4.78, 5) is 31.6. The van der Waals surface area contributed by atoms with E-state index in [-0.39, 0.29) is 12.3 Å². The van der Waals surface area contributed by atoms with Gasteiger partial charge in [-0.2, -0.15) is 0 Å². The average Bonchev–Trinajstić information content (AvgIpc) is 2.86. The molecule has 0 saturated carbocycles. The number of carboxylic acid groups (broad SMARTS) is 1. The number of amides is 1. The van der Waals surface area contributed by atoms with Crippen molar-refractivity contribution in [3.05, 3.63) is 18.2 Å². The van der Waals surface area contributed by atoms with Gasteiger partial charge in [-0.15, -0.1) is 0 Å². The van der Waals surface area contributed by atoms with Gasteiger partial charge >= 0.3 is 5.97 Å².